The van der Waals surface area contributed by atoms with Gasteiger partial charge in [-0.3, -0.25) is 0 Å². The van der Waals surface area contributed by atoms with Gasteiger partial charge < -0.3 is 10.3 Å². The van der Waals surface area contributed by atoms with Crippen molar-refractivity contribution in [2.75, 3.05) is 0 Å². The number of aryl methyl sites for hydroxylation is 1. The monoisotopic (exact) mass is 229 g/mol. The lowest BCUT2D eigenvalue weighted by Crippen LogP contribution is -2.38. The summed E-state index contributed by atoms with van der Waals surface area (Å²) in [5.74, 6) is 0. The summed E-state index contributed by atoms with van der Waals surface area (Å²) in [6, 6.07) is 6.48. The van der Waals surface area contributed by atoms with Crippen LogP contribution in [0.25, 0.3) is 11.0 Å². The molecule has 1 fully saturated rings. The number of nitrogens with zero attached hydrogens (tertiary/aromatic N) is 2. The average molecular weight is 229 g/mol. The molecule has 1 heterocycles. The highest BCUT2D eigenvalue weighted by molar-refractivity contribution is 5.76. The molecule has 0 saturated heterocycles. The summed E-state index contributed by atoms with van der Waals surface area (Å²) in [7, 11) is 2.02. The van der Waals surface area contributed by atoms with Gasteiger partial charge in [-0.2, -0.15) is 0 Å². The van der Waals surface area contributed by atoms with Gasteiger partial charge >= 0.3 is 0 Å². The van der Waals surface area contributed by atoms with Crippen LogP contribution >= 0.6 is 0 Å². The third-order valence-electron chi connectivity index (χ3n) is 4.05. The Bertz CT molecular complexity index is 535. The van der Waals surface area contributed by atoms with Crippen molar-refractivity contribution >= 4 is 11.0 Å². The van der Waals surface area contributed by atoms with Crippen LogP contribution in [0, 0.1) is 0 Å². The van der Waals surface area contributed by atoms with Gasteiger partial charge in [0.2, 0.25) is 0 Å². The van der Waals surface area contributed by atoms with Crippen LogP contribution in [0.5, 0.6) is 0 Å². The van der Waals surface area contributed by atoms with Crippen LogP contribution in [-0.4, -0.2) is 9.55 Å². The molecule has 0 amide bonds. The molecule has 17 heavy (non-hydrogen) atoms. The van der Waals surface area contributed by atoms with E-state index in [1.165, 1.54) is 30.3 Å². The maximum atomic E-state index is 6.54. The Morgan fingerprint density at radius 1 is 1.24 bits per heavy atom. The van der Waals surface area contributed by atoms with Gasteiger partial charge in [-0.25, -0.2) is 4.98 Å². The fraction of sp³-hybridized carbons (Fsp3) is 0.500. The maximum absolute atomic E-state index is 6.54. The van der Waals surface area contributed by atoms with E-state index in [2.05, 4.69) is 23.2 Å². The third-order valence-corrected chi connectivity index (χ3v) is 4.05. The molecule has 90 valence electrons. The molecule has 1 aliphatic carbocycles. The van der Waals surface area contributed by atoms with Gasteiger partial charge in [0.05, 0.1) is 17.4 Å². The minimum atomic E-state index is -0.121. The van der Waals surface area contributed by atoms with E-state index in [1.807, 2.05) is 17.9 Å². The number of fused-ring (bicyclic) bond motifs is 1. The highest BCUT2D eigenvalue weighted by Crippen LogP contribution is 2.35. The first-order valence-electron chi connectivity index (χ1n) is 6.39. The van der Waals surface area contributed by atoms with E-state index in [9.17, 15) is 0 Å². The van der Waals surface area contributed by atoms with Gasteiger partial charge in [-0.05, 0) is 30.5 Å². The summed E-state index contributed by atoms with van der Waals surface area (Å²) in [6.45, 7) is 0. The van der Waals surface area contributed by atoms with Crippen molar-refractivity contribution < 1.29 is 0 Å². The van der Waals surface area contributed by atoms with E-state index >= 15 is 0 Å². The third kappa shape index (κ3) is 1.75. The van der Waals surface area contributed by atoms with Gasteiger partial charge in [0.1, 0.15) is 0 Å². The second-order valence-electron chi connectivity index (χ2n) is 5.28. The van der Waals surface area contributed by atoms with Crippen LogP contribution in [-0.2, 0) is 12.6 Å². The molecule has 0 radical (unpaired) electrons. The fourth-order valence-corrected chi connectivity index (χ4v) is 2.92. The first-order chi connectivity index (χ1) is 8.19. The van der Waals surface area contributed by atoms with Gasteiger partial charge in [0.15, 0.2) is 0 Å². The number of imidazole rings is 1. The summed E-state index contributed by atoms with van der Waals surface area (Å²) in [5, 5.41) is 0. The Kier molecular flexibility index (Phi) is 2.44. The largest absolute Gasteiger partial charge is 0.334 e. The van der Waals surface area contributed by atoms with E-state index in [-0.39, 0.29) is 5.54 Å². The van der Waals surface area contributed by atoms with Crippen molar-refractivity contribution in [3.63, 3.8) is 0 Å². The summed E-state index contributed by atoms with van der Waals surface area (Å²) in [5.41, 5.74) is 9.91. The van der Waals surface area contributed by atoms with Gasteiger partial charge in [-0.15, -0.1) is 0 Å². The molecule has 3 heteroatoms. The van der Waals surface area contributed by atoms with E-state index in [4.69, 9.17) is 5.73 Å². The Morgan fingerprint density at radius 2 is 2.00 bits per heavy atom. The minimum absolute atomic E-state index is 0.121. The van der Waals surface area contributed by atoms with Crippen molar-refractivity contribution in [1.29, 1.82) is 0 Å². The van der Waals surface area contributed by atoms with Crippen LogP contribution < -0.4 is 5.73 Å². The molecule has 1 aromatic heterocycles. The van der Waals surface area contributed by atoms with Gasteiger partial charge in [0, 0.05) is 12.6 Å². The molecule has 3 nitrogen and oxygen atoms in total. The molecule has 1 aromatic carbocycles. The smallest absolute Gasteiger partial charge is 0.0955 e. The average Bonchev–Trinajstić information content (AvgIpc) is 2.72. The van der Waals surface area contributed by atoms with Crippen LogP contribution in [0.1, 0.15) is 37.7 Å². The molecular weight excluding hydrogens is 210 g/mol. The molecule has 0 aliphatic heterocycles. The van der Waals surface area contributed by atoms with E-state index in [0.717, 1.165) is 18.4 Å². The fourth-order valence-electron chi connectivity index (χ4n) is 2.92. The molecule has 0 bridgehead atoms. The second kappa shape index (κ2) is 3.84. The lowest BCUT2D eigenvalue weighted by molar-refractivity contribution is 0.302. The molecule has 0 atom stereocenters. The van der Waals surface area contributed by atoms with Crippen LogP contribution in [0.4, 0.5) is 0 Å². The standard InChI is InChI=1S/C14H19N3/c1-17-10-16-12-9-11(5-6-13(12)17)14(15)7-3-2-4-8-14/h5-6,9-10H,2-4,7-8,15H2,1H3. The maximum Gasteiger partial charge on any atom is 0.0955 e. The quantitative estimate of drug-likeness (QED) is 0.817. The van der Waals surface area contributed by atoms with Gasteiger partial charge in [0.25, 0.3) is 0 Å². The Balaban J connectivity index is 2.05. The molecule has 1 aliphatic rings. The predicted octanol–water partition coefficient (Wildman–Crippen LogP) is 2.69. The molecule has 0 spiro atoms. The Hall–Kier alpha value is -1.35. The lowest BCUT2D eigenvalue weighted by atomic mass is 9.77. The topological polar surface area (TPSA) is 43.8 Å². The van der Waals surface area contributed by atoms with Crippen molar-refractivity contribution in [3.8, 4) is 0 Å². The number of aromatic nitrogens is 2. The second-order valence-corrected chi connectivity index (χ2v) is 5.28. The zero-order chi connectivity index (χ0) is 11.9. The number of rotatable bonds is 1. The first kappa shape index (κ1) is 10.8. The minimum Gasteiger partial charge on any atom is -0.334 e. The highest BCUT2D eigenvalue weighted by atomic mass is 15.0. The lowest BCUT2D eigenvalue weighted by Gasteiger charge is -2.33. The Morgan fingerprint density at radius 3 is 2.76 bits per heavy atom. The zero-order valence-corrected chi connectivity index (χ0v) is 10.3. The molecule has 2 N–H and O–H groups in total. The van der Waals surface area contributed by atoms with E-state index in [1.54, 1.807) is 0 Å². The molecule has 3 rings (SSSR count). The van der Waals surface area contributed by atoms with Crippen molar-refractivity contribution in [2.45, 2.75) is 37.6 Å². The van der Waals surface area contributed by atoms with Crippen molar-refractivity contribution in [3.05, 3.63) is 30.1 Å². The highest BCUT2D eigenvalue weighted by Gasteiger charge is 2.29. The molecular formula is C14H19N3. The molecule has 1 saturated carbocycles. The van der Waals surface area contributed by atoms with E-state index < -0.39 is 0 Å². The van der Waals surface area contributed by atoms with E-state index in [0.29, 0.717) is 0 Å². The summed E-state index contributed by atoms with van der Waals surface area (Å²) in [4.78, 5) is 4.41. The van der Waals surface area contributed by atoms with Crippen molar-refractivity contribution in [2.24, 2.45) is 12.8 Å². The first-order valence-corrected chi connectivity index (χ1v) is 6.39. The van der Waals surface area contributed by atoms with Crippen molar-refractivity contribution in [1.82, 2.24) is 9.55 Å². The van der Waals surface area contributed by atoms with Crippen LogP contribution in [0.2, 0.25) is 0 Å². The van der Waals surface area contributed by atoms with Crippen LogP contribution in [0.3, 0.4) is 0 Å². The summed E-state index contributed by atoms with van der Waals surface area (Å²) >= 11 is 0. The number of nitrogens with two attached hydrogens (primary N) is 1. The summed E-state index contributed by atoms with van der Waals surface area (Å²) < 4.78 is 2.04. The number of benzene rings is 1. The normalized spacial score (nSPS) is 19.6. The predicted molar refractivity (Wildman–Crippen MR) is 69.7 cm³/mol. The SMILES string of the molecule is Cn1cnc2cc(C3(N)CCCCC3)ccc21. The number of hydrogen-bond acceptors (Lipinski definition) is 2. The molecule has 0 unspecified atom stereocenters. The Labute approximate surface area is 102 Å². The zero-order valence-electron chi connectivity index (χ0n) is 10.3. The van der Waals surface area contributed by atoms with Gasteiger partial charge in [-0.1, -0.05) is 25.3 Å². The molecule has 2 aromatic rings. The summed E-state index contributed by atoms with van der Waals surface area (Å²) in [6.07, 6.45) is 7.88. The van der Waals surface area contributed by atoms with Crippen LogP contribution in [0.15, 0.2) is 24.5 Å². The number of hydrogen-bond donors (Lipinski definition) is 1.